The van der Waals surface area contributed by atoms with Gasteiger partial charge in [0.1, 0.15) is 5.75 Å². The number of hydrogen-bond acceptors (Lipinski definition) is 7. The van der Waals surface area contributed by atoms with Crippen molar-refractivity contribution in [3.63, 3.8) is 0 Å². The third-order valence-corrected chi connectivity index (χ3v) is 4.25. The summed E-state index contributed by atoms with van der Waals surface area (Å²) in [5, 5.41) is 10.4. The zero-order chi connectivity index (χ0) is 20.8. The summed E-state index contributed by atoms with van der Waals surface area (Å²) in [4.78, 5) is 12.3. The van der Waals surface area contributed by atoms with Gasteiger partial charge in [0.15, 0.2) is 17.2 Å². The number of ether oxygens (including phenoxy) is 3. The number of rotatable bonds is 7. The first kappa shape index (κ1) is 19.9. The Balaban J connectivity index is 1.76. The highest BCUT2D eigenvalue weighted by atomic mass is 16.6. The largest absolute Gasteiger partial charge is 0.497 e. The molecule has 0 aliphatic carbocycles. The van der Waals surface area contributed by atoms with Crippen molar-refractivity contribution in [1.82, 2.24) is 10.3 Å². The van der Waals surface area contributed by atoms with E-state index in [1.165, 1.54) is 6.08 Å². The molecule has 1 N–H and O–H groups in total. The third-order valence-electron chi connectivity index (χ3n) is 4.25. The average Bonchev–Trinajstić information content (AvgIpc) is 3.19. The van der Waals surface area contributed by atoms with Gasteiger partial charge in [0.05, 0.1) is 21.3 Å². The minimum atomic E-state index is -0.372. The molecule has 2 aromatic carbocycles. The summed E-state index contributed by atoms with van der Waals surface area (Å²) in [5.41, 5.74) is 2.92. The van der Waals surface area contributed by atoms with Crippen LogP contribution in [0.25, 0.3) is 17.3 Å². The lowest BCUT2D eigenvalue weighted by Crippen LogP contribution is -2.09. The monoisotopic (exact) mass is 395 g/mol. The van der Waals surface area contributed by atoms with E-state index in [0.29, 0.717) is 17.2 Å². The molecule has 1 amide bonds. The Labute approximate surface area is 168 Å². The number of methoxy groups -OCH3 is 3. The van der Waals surface area contributed by atoms with Crippen LogP contribution in [-0.2, 0) is 4.79 Å². The number of aryl methyl sites for hydroxylation is 1. The van der Waals surface area contributed by atoms with Crippen LogP contribution >= 0.6 is 0 Å². The second kappa shape index (κ2) is 8.92. The number of anilines is 1. The van der Waals surface area contributed by atoms with Gasteiger partial charge in [0.2, 0.25) is 11.7 Å². The van der Waals surface area contributed by atoms with Crippen LogP contribution in [-0.4, -0.2) is 37.5 Å². The molecule has 0 radical (unpaired) electrons. The van der Waals surface area contributed by atoms with Crippen molar-refractivity contribution in [2.75, 3.05) is 26.6 Å². The van der Waals surface area contributed by atoms with Crippen molar-refractivity contribution >= 4 is 17.8 Å². The first-order valence-electron chi connectivity index (χ1n) is 8.74. The molecule has 0 atom stereocenters. The van der Waals surface area contributed by atoms with E-state index in [1.54, 1.807) is 45.6 Å². The molecular formula is C21H21N3O5. The molecule has 0 bridgehead atoms. The maximum atomic E-state index is 12.3. The molecule has 150 valence electrons. The fraction of sp³-hybridized carbons (Fsp3) is 0.190. The highest BCUT2D eigenvalue weighted by Crippen LogP contribution is 2.30. The Morgan fingerprint density at radius 1 is 1.00 bits per heavy atom. The summed E-state index contributed by atoms with van der Waals surface area (Å²) in [7, 11) is 4.72. The van der Waals surface area contributed by atoms with Crippen LogP contribution < -0.4 is 19.5 Å². The van der Waals surface area contributed by atoms with Gasteiger partial charge in [0.25, 0.3) is 0 Å². The lowest BCUT2D eigenvalue weighted by atomic mass is 10.1. The van der Waals surface area contributed by atoms with Gasteiger partial charge < -0.3 is 19.5 Å². The first-order chi connectivity index (χ1) is 14.0. The molecule has 0 aliphatic rings. The van der Waals surface area contributed by atoms with E-state index in [0.717, 1.165) is 22.4 Å². The van der Waals surface area contributed by atoms with Gasteiger partial charge in [0, 0.05) is 11.6 Å². The summed E-state index contributed by atoms with van der Waals surface area (Å²) in [5.74, 6) is 1.78. The van der Waals surface area contributed by atoms with E-state index < -0.39 is 0 Å². The molecule has 0 saturated heterocycles. The van der Waals surface area contributed by atoms with Gasteiger partial charge in [-0.3, -0.25) is 4.79 Å². The van der Waals surface area contributed by atoms with E-state index in [9.17, 15) is 4.79 Å². The minimum Gasteiger partial charge on any atom is -0.497 e. The first-order valence-corrected chi connectivity index (χ1v) is 8.74. The smallest absolute Gasteiger partial charge is 0.249 e. The number of carbonyl (C=O) groups is 1. The molecule has 0 unspecified atom stereocenters. The fourth-order valence-corrected chi connectivity index (χ4v) is 2.76. The number of nitrogens with zero attached hydrogens (tertiary/aromatic N) is 2. The van der Waals surface area contributed by atoms with E-state index >= 15 is 0 Å². The Bertz CT molecular complexity index is 1040. The Hall–Kier alpha value is -3.81. The summed E-state index contributed by atoms with van der Waals surface area (Å²) in [6.45, 7) is 1.91. The number of carbonyl (C=O) groups excluding carboxylic acids is 1. The third kappa shape index (κ3) is 4.55. The fourth-order valence-electron chi connectivity index (χ4n) is 2.76. The molecule has 29 heavy (non-hydrogen) atoms. The topological polar surface area (TPSA) is 95.7 Å². The molecule has 8 heteroatoms. The minimum absolute atomic E-state index is 0.236. The van der Waals surface area contributed by atoms with Crippen LogP contribution in [0.3, 0.4) is 0 Å². The Morgan fingerprint density at radius 3 is 2.48 bits per heavy atom. The quantitative estimate of drug-likeness (QED) is 0.609. The van der Waals surface area contributed by atoms with Crippen molar-refractivity contribution in [3.05, 3.63) is 53.6 Å². The van der Waals surface area contributed by atoms with Crippen LogP contribution in [0.2, 0.25) is 0 Å². The second-order valence-electron chi connectivity index (χ2n) is 6.08. The van der Waals surface area contributed by atoms with Gasteiger partial charge in [-0.05, 0) is 64.8 Å². The predicted molar refractivity (Wildman–Crippen MR) is 108 cm³/mol. The SMILES string of the molecule is COc1ccc(-c2nonc2NC(=O)/C=C/c2ccc(OC)c(OC)c2)c(C)c1. The average molecular weight is 395 g/mol. The molecule has 0 spiro atoms. The van der Waals surface area contributed by atoms with E-state index in [4.69, 9.17) is 18.8 Å². The second-order valence-corrected chi connectivity index (χ2v) is 6.08. The normalized spacial score (nSPS) is 10.8. The van der Waals surface area contributed by atoms with Crippen LogP contribution in [0, 0.1) is 6.92 Å². The highest BCUT2D eigenvalue weighted by Gasteiger charge is 2.16. The molecule has 0 aliphatic heterocycles. The van der Waals surface area contributed by atoms with Gasteiger partial charge in [-0.2, -0.15) is 0 Å². The van der Waals surface area contributed by atoms with Crippen molar-refractivity contribution in [1.29, 1.82) is 0 Å². The molecular weight excluding hydrogens is 374 g/mol. The van der Waals surface area contributed by atoms with Gasteiger partial charge in [-0.1, -0.05) is 6.07 Å². The van der Waals surface area contributed by atoms with Crippen LogP contribution in [0.5, 0.6) is 17.2 Å². The van der Waals surface area contributed by atoms with Gasteiger partial charge in [-0.25, -0.2) is 4.63 Å². The lowest BCUT2D eigenvalue weighted by Gasteiger charge is -2.07. The van der Waals surface area contributed by atoms with E-state index in [2.05, 4.69) is 15.6 Å². The number of aromatic nitrogens is 2. The molecule has 0 fully saturated rings. The number of nitrogens with one attached hydrogen (secondary N) is 1. The van der Waals surface area contributed by atoms with Crippen molar-refractivity contribution in [2.24, 2.45) is 0 Å². The maximum Gasteiger partial charge on any atom is 0.249 e. The van der Waals surface area contributed by atoms with Crippen LogP contribution in [0.15, 0.2) is 47.1 Å². The molecule has 3 rings (SSSR count). The van der Waals surface area contributed by atoms with Gasteiger partial charge in [-0.15, -0.1) is 0 Å². The summed E-state index contributed by atoms with van der Waals surface area (Å²) in [6.07, 6.45) is 3.05. The summed E-state index contributed by atoms with van der Waals surface area (Å²) >= 11 is 0. The number of amides is 1. The zero-order valence-corrected chi connectivity index (χ0v) is 16.6. The molecule has 8 nitrogen and oxygen atoms in total. The van der Waals surface area contributed by atoms with E-state index in [1.807, 2.05) is 25.1 Å². The molecule has 1 aromatic heterocycles. The standard InChI is InChI=1S/C21H21N3O5/c1-13-11-15(26-2)7-8-16(13)20-21(24-29-23-20)22-19(25)10-6-14-5-9-17(27-3)18(12-14)28-4/h5-12H,1-4H3,(H,22,24,25)/b10-6+. The van der Waals surface area contributed by atoms with Crippen LogP contribution in [0.1, 0.15) is 11.1 Å². The van der Waals surface area contributed by atoms with Crippen LogP contribution in [0.4, 0.5) is 5.82 Å². The van der Waals surface area contributed by atoms with Crippen molar-refractivity contribution in [3.8, 4) is 28.5 Å². The Morgan fingerprint density at radius 2 is 1.79 bits per heavy atom. The van der Waals surface area contributed by atoms with Crippen molar-refractivity contribution in [2.45, 2.75) is 6.92 Å². The summed E-state index contributed by atoms with van der Waals surface area (Å²) < 4.78 is 20.5. The highest BCUT2D eigenvalue weighted by molar-refractivity contribution is 6.03. The Kier molecular flexibility index (Phi) is 6.13. The molecule has 3 aromatic rings. The lowest BCUT2D eigenvalue weighted by molar-refractivity contribution is -0.111. The zero-order valence-electron chi connectivity index (χ0n) is 16.6. The molecule has 0 saturated carbocycles. The molecule has 1 heterocycles. The predicted octanol–water partition coefficient (Wildman–Crippen LogP) is 3.72. The van der Waals surface area contributed by atoms with Crippen molar-refractivity contribution < 1.29 is 23.6 Å². The van der Waals surface area contributed by atoms with E-state index in [-0.39, 0.29) is 11.7 Å². The maximum absolute atomic E-state index is 12.3. The number of hydrogen-bond donors (Lipinski definition) is 1. The number of benzene rings is 2. The summed E-state index contributed by atoms with van der Waals surface area (Å²) in [6, 6.07) is 10.9. The van der Waals surface area contributed by atoms with Gasteiger partial charge >= 0.3 is 0 Å².